The van der Waals surface area contributed by atoms with Crippen molar-refractivity contribution in [2.75, 3.05) is 0 Å². The molecule has 1 saturated carbocycles. The molecule has 0 nitrogen and oxygen atoms in total. The van der Waals surface area contributed by atoms with Gasteiger partial charge in [0.25, 0.3) is 0 Å². The van der Waals surface area contributed by atoms with Gasteiger partial charge in [0.2, 0.25) is 5.92 Å². The molecule has 0 N–H and O–H groups in total. The Bertz CT molecular complexity index is 165. The van der Waals surface area contributed by atoms with E-state index in [1.165, 1.54) is 0 Å². The Morgan fingerprint density at radius 1 is 1.21 bits per heavy atom. The quantitative estimate of drug-likeness (QED) is 0.635. The average molecular weight is 204 g/mol. The van der Waals surface area contributed by atoms with Gasteiger partial charge in [0.05, 0.1) is 0 Å². The van der Waals surface area contributed by atoms with E-state index in [-0.39, 0.29) is 12.8 Å². The Morgan fingerprint density at radius 3 is 2.07 bits per heavy atom. The van der Waals surface area contributed by atoms with E-state index < -0.39 is 5.92 Å². The largest absolute Gasteiger partial charge is 0.248 e. The van der Waals surface area contributed by atoms with Gasteiger partial charge in [0, 0.05) is 12.8 Å². The molecule has 0 spiro atoms. The first-order chi connectivity index (χ1) is 6.46. The van der Waals surface area contributed by atoms with Gasteiger partial charge in [-0.15, -0.1) is 0 Å². The molecule has 84 valence electrons. The van der Waals surface area contributed by atoms with Crippen LogP contribution in [0.1, 0.15) is 52.9 Å². The molecule has 0 radical (unpaired) electrons. The summed E-state index contributed by atoms with van der Waals surface area (Å²) in [5.41, 5.74) is 0. The summed E-state index contributed by atoms with van der Waals surface area (Å²) in [6.45, 7) is 6.60. The van der Waals surface area contributed by atoms with Crippen LogP contribution in [0.3, 0.4) is 0 Å². The van der Waals surface area contributed by atoms with E-state index in [2.05, 4.69) is 20.8 Å². The van der Waals surface area contributed by atoms with Crippen LogP contribution < -0.4 is 0 Å². The second-order valence-electron chi connectivity index (χ2n) is 5.01. The van der Waals surface area contributed by atoms with Crippen LogP contribution in [0.2, 0.25) is 0 Å². The normalized spacial score (nSPS) is 25.3. The zero-order valence-electron chi connectivity index (χ0n) is 9.52. The van der Waals surface area contributed by atoms with E-state index in [0.29, 0.717) is 17.8 Å². The standard InChI is InChI=1S/C12H22F2/c1-4-11(9(2)3)10-5-7-12(13,14)8-6-10/h9-11H,4-8H2,1-3H3. The highest BCUT2D eigenvalue weighted by Gasteiger charge is 2.37. The van der Waals surface area contributed by atoms with Crippen molar-refractivity contribution in [1.82, 2.24) is 0 Å². The number of rotatable bonds is 3. The Kier molecular flexibility index (Phi) is 3.91. The van der Waals surface area contributed by atoms with E-state index >= 15 is 0 Å². The minimum Gasteiger partial charge on any atom is -0.207 e. The van der Waals surface area contributed by atoms with Crippen LogP contribution >= 0.6 is 0 Å². The highest BCUT2D eigenvalue weighted by molar-refractivity contribution is 4.82. The molecule has 0 amide bonds. The van der Waals surface area contributed by atoms with Crippen LogP contribution in [-0.2, 0) is 0 Å². The second-order valence-corrected chi connectivity index (χ2v) is 5.01. The van der Waals surface area contributed by atoms with Gasteiger partial charge < -0.3 is 0 Å². The predicted molar refractivity (Wildman–Crippen MR) is 55.5 cm³/mol. The van der Waals surface area contributed by atoms with Gasteiger partial charge in [-0.05, 0) is 30.6 Å². The smallest absolute Gasteiger partial charge is 0.207 e. The number of hydrogen-bond donors (Lipinski definition) is 0. The lowest BCUT2D eigenvalue weighted by Gasteiger charge is -2.35. The molecule has 1 unspecified atom stereocenters. The molecule has 2 heteroatoms. The van der Waals surface area contributed by atoms with Crippen molar-refractivity contribution in [2.45, 2.75) is 58.8 Å². The fourth-order valence-electron chi connectivity index (χ4n) is 2.84. The molecule has 14 heavy (non-hydrogen) atoms. The highest BCUT2D eigenvalue weighted by atomic mass is 19.3. The van der Waals surface area contributed by atoms with Crippen molar-refractivity contribution in [1.29, 1.82) is 0 Å². The first-order valence-electron chi connectivity index (χ1n) is 5.84. The van der Waals surface area contributed by atoms with E-state index in [1.807, 2.05) is 0 Å². The maximum atomic E-state index is 12.9. The molecule has 1 fully saturated rings. The first-order valence-corrected chi connectivity index (χ1v) is 5.84. The monoisotopic (exact) mass is 204 g/mol. The molecule has 1 atom stereocenters. The number of halogens is 2. The average Bonchev–Trinajstić information content (AvgIpc) is 2.08. The highest BCUT2D eigenvalue weighted by Crippen LogP contribution is 2.41. The summed E-state index contributed by atoms with van der Waals surface area (Å²) < 4.78 is 25.9. The molecule has 0 aromatic heterocycles. The third-order valence-corrected chi connectivity index (χ3v) is 3.69. The maximum Gasteiger partial charge on any atom is 0.248 e. The van der Waals surface area contributed by atoms with Gasteiger partial charge >= 0.3 is 0 Å². The van der Waals surface area contributed by atoms with Crippen LogP contribution in [-0.4, -0.2) is 5.92 Å². The summed E-state index contributed by atoms with van der Waals surface area (Å²) in [5, 5.41) is 0. The Labute approximate surface area is 86.1 Å². The van der Waals surface area contributed by atoms with Crippen molar-refractivity contribution >= 4 is 0 Å². The lowest BCUT2D eigenvalue weighted by molar-refractivity contribution is -0.0552. The van der Waals surface area contributed by atoms with Crippen LogP contribution in [0.15, 0.2) is 0 Å². The fraction of sp³-hybridized carbons (Fsp3) is 1.00. The SMILES string of the molecule is CCC(C(C)C)C1CCC(F)(F)CC1. The summed E-state index contributed by atoms with van der Waals surface area (Å²) in [6.07, 6.45) is 2.81. The molecule has 1 aliphatic carbocycles. The lowest BCUT2D eigenvalue weighted by atomic mass is 9.73. The van der Waals surface area contributed by atoms with E-state index in [4.69, 9.17) is 0 Å². The minimum atomic E-state index is -2.37. The van der Waals surface area contributed by atoms with Gasteiger partial charge in [-0.1, -0.05) is 27.2 Å². The van der Waals surface area contributed by atoms with Crippen LogP contribution in [0.5, 0.6) is 0 Å². The van der Waals surface area contributed by atoms with Crippen molar-refractivity contribution < 1.29 is 8.78 Å². The Hall–Kier alpha value is -0.140. The van der Waals surface area contributed by atoms with Gasteiger partial charge in [0.1, 0.15) is 0 Å². The van der Waals surface area contributed by atoms with Crippen LogP contribution in [0.25, 0.3) is 0 Å². The zero-order chi connectivity index (χ0) is 10.8. The second kappa shape index (κ2) is 4.59. The fourth-order valence-corrected chi connectivity index (χ4v) is 2.84. The van der Waals surface area contributed by atoms with Gasteiger partial charge in [-0.2, -0.15) is 0 Å². The zero-order valence-corrected chi connectivity index (χ0v) is 9.52. The van der Waals surface area contributed by atoms with Gasteiger partial charge in [-0.3, -0.25) is 0 Å². The van der Waals surface area contributed by atoms with Crippen molar-refractivity contribution in [3.63, 3.8) is 0 Å². The summed E-state index contributed by atoms with van der Waals surface area (Å²) in [7, 11) is 0. The Morgan fingerprint density at radius 2 is 1.71 bits per heavy atom. The van der Waals surface area contributed by atoms with Crippen LogP contribution in [0, 0.1) is 17.8 Å². The summed E-state index contributed by atoms with van der Waals surface area (Å²) >= 11 is 0. The Balaban J connectivity index is 2.47. The van der Waals surface area contributed by atoms with E-state index in [0.717, 1.165) is 19.3 Å². The number of alkyl halides is 2. The molecule has 1 aliphatic rings. The van der Waals surface area contributed by atoms with Crippen molar-refractivity contribution in [3.05, 3.63) is 0 Å². The molecule has 0 bridgehead atoms. The molecule has 0 aromatic carbocycles. The third-order valence-electron chi connectivity index (χ3n) is 3.69. The molecule has 0 aromatic rings. The number of hydrogen-bond acceptors (Lipinski definition) is 0. The molecular weight excluding hydrogens is 182 g/mol. The minimum absolute atomic E-state index is 0.112. The third kappa shape index (κ3) is 2.93. The molecule has 0 aliphatic heterocycles. The van der Waals surface area contributed by atoms with Crippen LogP contribution in [0.4, 0.5) is 8.78 Å². The lowest BCUT2D eigenvalue weighted by Crippen LogP contribution is -2.30. The summed E-state index contributed by atoms with van der Waals surface area (Å²) in [4.78, 5) is 0. The van der Waals surface area contributed by atoms with Crippen molar-refractivity contribution in [3.8, 4) is 0 Å². The summed E-state index contributed by atoms with van der Waals surface area (Å²) in [5.74, 6) is -0.548. The molecular formula is C12H22F2. The predicted octanol–water partition coefficient (Wildman–Crippen LogP) is 4.49. The molecule has 0 saturated heterocycles. The topological polar surface area (TPSA) is 0 Å². The first kappa shape index (κ1) is 11.9. The van der Waals surface area contributed by atoms with Gasteiger partial charge in [-0.25, -0.2) is 8.78 Å². The summed E-state index contributed by atoms with van der Waals surface area (Å²) in [6, 6.07) is 0. The van der Waals surface area contributed by atoms with Crippen molar-refractivity contribution in [2.24, 2.45) is 17.8 Å². The molecule has 1 rings (SSSR count). The molecule has 0 heterocycles. The maximum absolute atomic E-state index is 12.9. The van der Waals surface area contributed by atoms with Gasteiger partial charge in [0.15, 0.2) is 0 Å². The van der Waals surface area contributed by atoms with E-state index in [1.54, 1.807) is 0 Å². The van der Waals surface area contributed by atoms with E-state index in [9.17, 15) is 8.78 Å².